The molecule has 26 heavy (non-hydrogen) atoms. The minimum absolute atomic E-state index is 0.213. The molecule has 0 aliphatic rings. The first-order valence-corrected chi connectivity index (χ1v) is 8.84. The maximum atomic E-state index is 12.7. The largest absolute Gasteiger partial charge is 0.573 e. The lowest BCUT2D eigenvalue weighted by atomic mass is 10.3. The number of ether oxygens (including phenoxy) is 1. The lowest BCUT2D eigenvalue weighted by Crippen LogP contribution is -2.21. The monoisotopic (exact) mass is 382 g/mol. The van der Waals surface area contributed by atoms with Crippen LogP contribution in [-0.2, 0) is 10.0 Å². The Morgan fingerprint density at radius 2 is 1.50 bits per heavy atom. The van der Waals surface area contributed by atoms with Crippen LogP contribution in [0.15, 0.2) is 78.0 Å². The minimum Gasteiger partial charge on any atom is -0.404 e. The lowest BCUT2D eigenvalue weighted by molar-refractivity contribution is -0.275. The smallest absolute Gasteiger partial charge is 0.404 e. The van der Waals surface area contributed by atoms with Crippen LogP contribution in [-0.4, -0.2) is 19.3 Å². The molecular formula is C17H13F3N2O3S. The molecule has 2 aromatic carbocycles. The highest BCUT2D eigenvalue weighted by molar-refractivity contribution is 7.92. The third kappa shape index (κ3) is 3.99. The van der Waals surface area contributed by atoms with Crippen molar-refractivity contribution >= 4 is 15.7 Å². The van der Waals surface area contributed by atoms with E-state index < -0.39 is 27.0 Å². The van der Waals surface area contributed by atoms with E-state index in [0.29, 0.717) is 5.69 Å². The number of halogens is 3. The number of anilines is 1. The number of hydrogen-bond acceptors (Lipinski definition) is 3. The molecule has 5 nitrogen and oxygen atoms in total. The van der Waals surface area contributed by atoms with Crippen molar-refractivity contribution < 1.29 is 26.3 Å². The number of nitrogens with zero attached hydrogens (tertiary/aromatic N) is 1. The molecule has 0 aliphatic heterocycles. The van der Waals surface area contributed by atoms with Crippen molar-refractivity contribution in [3.05, 3.63) is 73.1 Å². The standard InChI is InChI=1S/C17H13F3N2O3S/c18-17(19,20)25-15-9-3-4-10-16(15)26(23,24)21-13-7-1-2-8-14(13)22-11-5-6-12-22/h1-12,21H. The fourth-order valence-electron chi connectivity index (χ4n) is 2.36. The van der Waals surface area contributed by atoms with Crippen molar-refractivity contribution in [1.82, 2.24) is 4.57 Å². The van der Waals surface area contributed by atoms with Gasteiger partial charge in [-0.1, -0.05) is 24.3 Å². The van der Waals surface area contributed by atoms with E-state index in [1.807, 2.05) is 0 Å². The second-order valence-corrected chi connectivity index (χ2v) is 6.86. The van der Waals surface area contributed by atoms with Crippen LogP contribution in [0, 0.1) is 0 Å². The molecule has 0 spiro atoms. The maximum absolute atomic E-state index is 12.7. The average molecular weight is 382 g/mol. The molecule has 1 heterocycles. The highest BCUT2D eigenvalue weighted by Crippen LogP contribution is 2.31. The summed E-state index contributed by atoms with van der Waals surface area (Å²) in [6.07, 6.45) is -1.57. The number of sulfonamides is 1. The van der Waals surface area contributed by atoms with Gasteiger partial charge in [0.2, 0.25) is 0 Å². The molecule has 0 amide bonds. The Bertz CT molecular complexity index is 1000. The molecule has 0 fully saturated rings. The van der Waals surface area contributed by atoms with Crippen molar-refractivity contribution in [2.45, 2.75) is 11.3 Å². The first kappa shape index (κ1) is 17.9. The summed E-state index contributed by atoms with van der Waals surface area (Å²) in [5, 5.41) is 0. The Balaban J connectivity index is 2.00. The summed E-state index contributed by atoms with van der Waals surface area (Å²) in [5.41, 5.74) is 0.737. The third-order valence-corrected chi connectivity index (χ3v) is 4.80. The Morgan fingerprint density at radius 1 is 0.885 bits per heavy atom. The van der Waals surface area contributed by atoms with E-state index in [1.54, 1.807) is 47.3 Å². The van der Waals surface area contributed by atoms with Gasteiger partial charge in [-0.2, -0.15) is 0 Å². The van der Waals surface area contributed by atoms with Gasteiger partial charge >= 0.3 is 6.36 Å². The van der Waals surface area contributed by atoms with E-state index in [4.69, 9.17) is 0 Å². The van der Waals surface area contributed by atoms with Crippen LogP contribution < -0.4 is 9.46 Å². The van der Waals surface area contributed by atoms with Gasteiger partial charge < -0.3 is 9.30 Å². The summed E-state index contributed by atoms with van der Waals surface area (Å²) in [4.78, 5) is -0.611. The summed E-state index contributed by atoms with van der Waals surface area (Å²) in [6, 6.07) is 14.6. The van der Waals surface area contributed by atoms with Crippen molar-refractivity contribution in [3.8, 4) is 11.4 Å². The van der Waals surface area contributed by atoms with Gasteiger partial charge in [-0.25, -0.2) is 8.42 Å². The molecule has 136 valence electrons. The number of nitrogens with one attached hydrogen (secondary N) is 1. The number of alkyl halides is 3. The normalized spacial score (nSPS) is 12.0. The fourth-order valence-corrected chi connectivity index (χ4v) is 3.57. The van der Waals surface area contributed by atoms with Crippen LogP contribution in [0.25, 0.3) is 5.69 Å². The van der Waals surface area contributed by atoms with E-state index >= 15 is 0 Å². The van der Waals surface area contributed by atoms with Crippen LogP contribution >= 0.6 is 0 Å². The predicted molar refractivity (Wildman–Crippen MR) is 89.7 cm³/mol. The Kier molecular flexibility index (Phi) is 4.64. The van der Waals surface area contributed by atoms with Gasteiger partial charge in [0.05, 0.1) is 11.4 Å². The van der Waals surface area contributed by atoms with Gasteiger partial charge in [0.1, 0.15) is 10.6 Å². The zero-order valence-electron chi connectivity index (χ0n) is 13.1. The molecule has 0 radical (unpaired) electrons. The Labute approximate surface area is 147 Å². The maximum Gasteiger partial charge on any atom is 0.573 e. The van der Waals surface area contributed by atoms with E-state index in [-0.39, 0.29) is 5.69 Å². The SMILES string of the molecule is O=S(=O)(Nc1ccccc1-n1cccc1)c1ccccc1OC(F)(F)F. The number of rotatable bonds is 5. The molecule has 0 saturated heterocycles. The summed E-state index contributed by atoms with van der Waals surface area (Å²) in [5.74, 6) is -0.800. The van der Waals surface area contributed by atoms with E-state index in [2.05, 4.69) is 9.46 Å². The van der Waals surface area contributed by atoms with E-state index in [0.717, 1.165) is 12.1 Å². The van der Waals surface area contributed by atoms with Gasteiger partial charge in [0.25, 0.3) is 10.0 Å². The second-order valence-electron chi connectivity index (χ2n) is 5.21. The van der Waals surface area contributed by atoms with Crippen molar-refractivity contribution in [3.63, 3.8) is 0 Å². The average Bonchev–Trinajstić information content (AvgIpc) is 3.08. The second kappa shape index (κ2) is 6.75. The number of para-hydroxylation sites is 3. The summed E-state index contributed by atoms with van der Waals surface area (Å²) in [7, 11) is -4.32. The zero-order valence-corrected chi connectivity index (χ0v) is 14.0. The number of hydrogen-bond donors (Lipinski definition) is 1. The highest BCUT2D eigenvalue weighted by atomic mass is 32.2. The quantitative estimate of drug-likeness (QED) is 0.720. The molecule has 9 heteroatoms. The van der Waals surface area contributed by atoms with Crippen LogP contribution in [0.3, 0.4) is 0 Å². The predicted octanol–water partition coefficient (Wildman–Crippen LogP) is 4.18. The Hall–Kier alpha value is -2.94. The Morgan fingerprint density at radius 3 is 2.19 bits per heavy atom. The molecule has 0 atom stereocenters. The van der Waals surface area contributed by atoms with Crippen LogP contribution in [0.4, 0.5) is 18.9 Å². The minimum atomic E-state index is -5.01. The molecule has 3 aromatic rings. The molecule has 0 saturated carbocycles. The third-order valence-electron chi connectivity index (χ3n) is 3.40. The highest BCUT2D eigenvalue weighted by Gasteiger charge is 2.34. The first-order valence-electron chi connectivity index (χ1n) is 7.36. The molecule has 3 rings (SSSR count). The molecule has 0 unspecified atom stereocenters. The molecular weight excluding hydrogens is 369 g/mol. The van der Waals surface area contributed by atoms with Crippen LogP contribution in [0.5, 0.6) is 5.75 Å². The van der Waals surface area contributed by atoms with Gasteiger partial charge in [-0.3, -0.25) is 4.72 Å². The van der Waals surface area contributed by atoms with E-state index in [1.165, 1.54) is 18.2 Å². The van der Waals surface area contributed by atoms with Crippen molar-refractivity contribution in [1.29, 1.82) is 0 Å². The molecule has 0 bridgehead atoms. The first-order chi connectivity index (χ1) is 12.3. The fraction of sp³-hybridized carbons (Fsp3) is 0.0588. The topological polar surface area (TPSA) is 60.3 Å². The summed E-state index contributed by atoms with van der Waals surface area (Å²) in [6.45, 7) is 0. The lowest BCUT2D eigenvalue weighted by Gasteiger charge is -2.16. The summed E-state index contributed by atoms with van der Waals surface area (Å²) >= 11 is 0. The number of aromatic nitrogens is 1. The van der Waals surface area contributed by atoms with Crippen LogP contribution in [0.1, 0.15) is 0 Å². The van der Waals surface area contributed by atoms with Crippen LogP contribution in [0.2, 0.25) is 0 Å². The van der Waals surface area contributed by atoms with Gasteiger partial charge in [-0.05, 0) is 36.4 Å². The van der Waals surface area contributed by atoms with Gasteiger partial charge in [-0.15, -0.1) is 13.2 Å². The van der Waals surface area contributed by atoms with Gasteiger partial charge in [0.15, 0.2) is 0 Å². The molecule has 0 aliphatic carbocycles. The van der Waals surface area contributed by atoms with Gasteiger partial charge in [0, 0.05) is 12.4 Å². The summed E-state index contributed by atoms with van der Waals surface area (Å²) < 4.78 is 70.8. The zero-order chi connectivity index (χ0) is 18.8. The number of benzene rings is 2. The van der Waals surface area contributed by atoms with Crippen molar-refractivity contribution in [2.75, 3.05) is 4.72 Å². The molecule has 1 N–H and O–H groups in total. The van der Waals surface area contributed by atoms with E-state index in [9.17, 15) is 21.6 Å². The van der Waals surface area contributed by atoms with Crippen molar-refractivity contribution in [2.24, 2.45) is 0 Å². The molecule has 1 aromatic heterocycles.